The van der Waals surface area contributed by atoms with E-state index in [4.69, 9.17) is 5.26 Å². The van der Waals surface area contributed by atoms with Gasteiger partial charge in [0.05, 0.1) is 0 Å². The molecule has 1 saturated carbocycles. The third-order valence-corrected chi connectivity index (χ3v) is 5.33. The van der Waals surface area contributed by atoms with Crippen molar-refractivity contribution in [2.75, 3.05) is 11.4 Å². The number of nitriles is 1. The second-order valence-electron chi connectivity index (χ2n) is 7.68. The number of nitrogens with one attached hydrogen (secondary N) is 2. The molecule has 0 radical (unpaired) electrons. The van der Waals surface area contributed by atoms with Crippen LogP contribution in [-0.2, 0) is 0 Å². The monoisotopic (exact) mass is 376 g/mol. The molecular weight excluding hydrogens is 348 g/mol. The molecule has 2 N–H and O–H groups in total. The third-order valence-electron chi connectivity index (χ3n) is 5.33. The van der Waals surface area contributed by atoms with Crippen molar-refractivity contribution in [3.05, 3.63) is 30.0 Å². The zero-order valence-corrected chi connectivity index (χ0v) is 16.9. The lowest BCUT2D eigenvalue weighted by atomic mass is 9.83. The van der Waals surface area contributed by atoms with Crippen molar-refractivity contribution in [3.8, 4) is 6.07 Å². The summed E-state index contributed by atoms with van der Waals surface area (Å²) in [5, 5.41) is 14.1. The average Bonchev–Trinajstić information content (AvgIpc) is 2.95. The quantitative estimate of drug-likeness (QED) is 0.797. The molecule has 1 aliphatic heterocycles. The molecule has 1 aromatic carbocycles. The van der Waals surface area contributed by atoms with Gasteiger partial charge < -0.3 is 15.2 Å². The zero-order chi connectivity index (χ0) is 16.0. The van der Waals surface area contributed by atoms with Crippen molar-refractivity contribution < 1.29 is 0 Å². The standard InChI is InChI=1S/C19H24N4.2H2S/c1-19(2)12-23(18-6-4-3-5-17(18)22-19)15-7-8-16-13(10-15)9-14(11-20)21-16;;/h7-10,17-18,21-22H,3-6,12H2,1-2H3;2*1H2/t17-,18-;;/m0../s1. The number of benzene rings is 1. The van der Waals surface area contributed by atoms with Gasteiger partial charge in [-0.15, -0.1) is 0 Å². The lowest BCUT2D eigenvalue weighted by molar-refractivity contribution is 0.199. The van der Waals surface area contributed by atoms with E-state index in [1.165, 1.54) is 31.4 Å². The first-order valence-electron chi connectivity index (χ1n) is 8.63. The van der Waals surface area contributed by atoms with Crippen molar-refractivity contribution in [2.45, 2.75) is 57.2 Å². The lowest BCUT2D eigenvalue weighted by Gasteiger charge is -2.52. The summed E-state index contributed by atoms with van der Waals surface area (Å²) in [6.45, 7) is 5.62. The zero-order valence-electron chi connectivity index (χ0n) is 14.9. The Balaban J connectivity index is 0.00000113. The molecule has 1 saturated heterocycles. The van der Waals surface area contributed by atoms with Gasteiger partial charge in [0.1, 0.15) is 11.8 Å². The highest BCUT2D eigenvalue weighted by molar-refractivity contribution is 7.59. The Morgan fingerprint density at radius 1 is 1.16 bits per heavy atom. The molecule has 2 aromatic rings. The molecule has 0 amide bonds. The molecule has 25 heavy (non-hydrogen) atoms. The van der Waals surface area contributed by atoms with E-state index < -0.39 is 0 Å². The van der Waals surface area contributed by atoms with Crippen LogP contribution in [0.25, 0.3) is 10.9 Å². The third kappa shape index (κ3) is 3.79. The van der Waals surface area contributed by atoms with Crippen LogP contribution in [0, 0.1) is 11.3 Å². The maximum Gasteiger partial charge on any atom is 0.118 e. The van der Waals surface area contributed by atoms with Gasteiger partial charge in [-0.1, -0.05) is 12.8 Å². The van der Waals surface area contributed by atoms with Crippen LogP contribution in [0.4, 0.5) is 5.69 Å². The van der Waals surface area contributed by atoms with Crippen LogP contribution < -0.4 is 10.2 Å². The van der Waals surface area contributed by atoms with Gasteiger partial charge in [-0.05, 0) is 51.0 Å². The fourth-order valence-corrected chi connectivity index (χ4v) is 4.39. The van der Waals surface area contributed by atoms with Crippen LogP contribution in [0.2, 0.25) is 0 Å². The Morgan fingerprint density at radius 3 is 2.68 bits per heavy atom. The van der Waals surface area contributed by atoms with Crippen LogP contribution in [0.1, 0.15) is 45.2 Å². The van der Waals surface area contributed by atoms with Crippen LogP contribution in [0.15, 0.2) is 24.3 Å². The maximum absolute atomic E-state index is 9.08. The molecule has 6 heteroatoms. The Kier molecular flexibility index (Phi) is 6.03. The first-order valence-corrected chi connectivity index (χ1v) is 8.63. The minimum absolute atomic E-state index is 0. The predicted molar refractivity (Wildman–Crippen MR) is 114 cm³/mol. The number of fused-ring (bicyclic) bond motifs is 2. The highest BCUT2D eigenvalue weighted by atomic mass is 32.1. The summed E-state index contributed by atoms with van der Waals surface area (Å²) in [7, 11) is 0. The number of hydrogen-bond acceptors (Lipinski definition) is 3. The molecule has 0 unspecified atom stereocenters. The number of rotatable bonds is 1. The largest absolute Gasteiger partial charge is 0.365 e. The normalized spacial score (nSPS) is 24.6. The van der Waals surface area contributed by atoms with E-state index in [2.05, 4.69) is 53.3 Å². The van der Waals surface area contributed by atoms with Gasteiger partial charge in [0.2, 0.25) is 0 Å². The molecule has 2 atom stereocenters. The summed E-state index contributed by atoms with van der Waals surface area (Å²) in [4.78, 5) is 5.75. The first kappa shape index (κ1) is 20.0. The Morgan fingerprint density at radius 2 is 1.92 bits per heavy atom. The average molecular weight is 377 g/mol. The topological polar surface area (TPSA) is 54.9 Å². The molecule has 1 aliphatic carbocycles. The van der Waals surface area contributed by atoms with Crippen LogP contribution >= 0.6 is 27.0 Å². The van der Waals surface area contributed by atoms with Crippen LogP contribution in [-0.4, -0.2) is 29.2 Å². The van der Waals surface area contributed by atoms with Gasteiger partial charge >= 0.3 is 0 Å². The number of aromatic amines is 1. The molecular formula is C19H28N4S2. The molecule has 136 valence electrons. The second kappa shape index (κ2) is 7.53. The minimum atomic E-state index is 0. The summed E-state index contributed by atoms with van der Waals surface area (Å²) in [6.07, 6.45) is 5.20. The van der Waals surface area contributed by atoms with E-state index in [1.807, 2.05) is 6.07 Å². The first-order chi connectivity index (χ1) is 11.1. The van der Waals surface area contributed by atoms with Crippen molar-refractivity contribution in [2.24, 2.45) is 0 Å². The van der Waals surface area contributed by atoms with Gasteiger partial charge in [-0.25, -0.2) is 0 Å². The fraction of sp³-hybridized carbons (Fsp3) is 0.526. The second-order valence-corrected chi connectivity index (χ2v) is 7.68. The highest BCUT2D eigenvalue weighted by Gasteiger charge is 2.40. The number of anilines is 1. The molecule has 2 aliphatic rings. The number of piperazine rings is 1. The Labute approximate surface area is 163 Å². The van der Waals surface area contributed by atoms with Crippen molar-refractivity contribution in [1.29, 1.82) is 5.26 Å². The number of nitrogens with zero attached hydrogens (tertiary/aromatic N) is 2. The molecule has 0 bridgehead atoms. The number of hydrogen-bond donors (Lipinski definition) is 2. The lowest BCUT2D eigenvalue weighted by Crippen LogP contribution is -2.67. The smallest absolute Gasteiger partial charge is 0.118 e. The molecule has 2 heterocycles. The summed E-state index contributed by atoms with van der Waals surface area (Å²) < 4.78 is 0. The van der Waals surface area contributed by atoms with Gasteiger partial charge in [-0.3, -0.25) is 0 Å². The van der Waals surface area contributed by atoms with Gasteiger partial charge in [0.15, 0.2) is 0 Å². The minimum Gasteiger partial charge on any atom is -0.365 e. The molecule has 4 rings (SSSR count). The molecule has 2 fully saturated rings. The predicted octanol–water partition coefficient (Wildman–Crippen LogP) is 3.76. The van der Waals surface area contributed by atoms with Crippen molar-refractivity contribution >= 4 is 43.6 Å². The van der Waals surface area contributed by atoms with E-state index in [1.54, 1.807) is 0 Å². The summed E-state index contributed by atoms with van der Waals surface area (Å²) in [6, 6.07) is 11.9. The van der Waals surface area contributed by atoms with Crippen LogP contribution in [0.5, 0.6) is 0 Å². The van der Waals surface area contributed by atoms with Gasteiger partial charge in [-0.2, -0.15) is 32.3 Å². The van der Waals surface area contributed by atoms with Crippen molar-refractivity contribution in [1.82, 2.24) is 10.3 Å². The Hall–Kier alpha value is -1.29. The van der Waals surface area contributed by atoms with E-state index in [0.717, 1.165) is 17.4 Å². The maximum atomic E-state index is 9.08. The Bertz CT molecular complexity index is 777. The summed E-state index contributed by atoms with van der Waals surface area (Å²) >= 11 is 0. The fourth-order valence-electron chi connectivity index (χ4n) is 4.39. The summed E-state index contributed by atoms with van der Waals surface area (Å²) in [5.74, 6) is 0. The van der Waals surface area contributed by atoms with Crippen molar-refractivity contribution in [3.63, 3.8) is 0 Å². The number of aromatic nitrogens is 1. The van der Waals surface area contributed by atoms with E-state index in [-0.39, 0.29) is 32.5 Å². The van der Waals surface area contributed by atoms with E-state index in [0.29, 0.717) is 17.8 Å². The van der Waals surface area contributed by atoms with Crippen LogP contribution in [0.3, 0.4) is 0 Å². The van der Waals surface area contributed by atoms with E-state index >= 15 is 0 Å². The van der Waals surface area contributed by atoms with E-state index in [9.17, 15) is 0 Å². The van der Waals surface area contributed by atoms with Gasteiger partial charge in [0.25, 0.3) is 0 Å². The molecule has 0 spiro atoms. The molecule has 4 nitrogen and oxygen atoms in total. The summed E-state index contributed by atoms with van der Waals surface area (Å²) in [5.41, 5.74) is 3.09. The number of H-pyrrole nitrogens is 1. The van der Waals surface area contributed by atoms with Gasteiger partial charge in [0, 0.05) is 40.8 Å². The highest BCUT2D eigenvalue weighted by Crippen LogP contribution is 2.34. The SMILES string of the molecule is CC1(C)CN(c2ccc3[nH]c(C#N)cc3c2)[C@H]2CCCC[C@@H]2N1.S.S. The molecule has 1 aromatic heterocycles.